The zero-order valence-corrected chi connectivity index (χ0v) is 11.0. The highest BCUT2D eigenvalue weighted by molar-refractivity contribution is 6.12. The van der Waals surface area contributed by atoms with Crippen molar-refractivity contribution in [3.63, 3.8) is 0 Å². The van der Waals surface area contributed by atoms with Crippen molar-refractivity contribution in [3.05, 3.63) is 48.0 Å². The number of unbranched alkanes of at least 4 members (excludes halogenated alkanes) is 1. The lowest BCUT2D eigenvalue weighted by molar-refractivity contribution is -0.136. The maximum absolute atomic E-state index is 11.7. The lowest BCUT2D eigenvalue weighted by atomic mass is 10.2. The van der Waals surface area contributed by atoms with Gasteiger partial charge in [-0.2, -0.15) is 0 Å². The second-order valence-corrected chi connectivity index (χ2v) is 4.49. The molecule has 0 aliphatic carbocycles. The van der Waals surface area contributed by atoms with Crippen LogP contribution in [0.1, 0.15) is 23.2 Å². The predicted molar refractivity (Wildman–Crippen MR) is 73.9 cm³/mol. The molecular formula is C15H16N2O3. The summed E-state index contributed by atoms with van der Waals surface area (Å²) in [6.07, 6.45) is 3.95. The number of imide groups is 1. The molecular weight excluding hydrogens is 256 g/mol. The first-order chi connectivity index (χ1) is 9.68. The number of amides is 3. The molecule has 0 spiro atoms. The lowest BCUT2D eigenvalue weighted by Crippen LogP contribution is -2.31. The molecule has 0 fully saturated rings. The van der Waals surface area contributed by atoms with E-state index in [0.29, 0.717) is 25.1 Å². The molecule has 1 aromatic carbocycles. The van der Waals surface area contributed by atoms with Crippen molar-refractivity contribution < 1.29 is 14.4 Å². The van der Waals surface area contributed by atoms with Crippen LogP contribution < -0.4 is 5.32 Å². The van der Waals surface area contributed by atoms with Gasteiger partial charge in [0.2, 0.25) is 0 Å². The van der Waals surface area contributed by atoms with E-state index >= 15 is 0 Å². The fraction of sp³-hybridized carbons (Fsp3) is 0.267. The Labute approximate surface area is 117 Å². The predicted octanol–water partition coefficient (Wildman–Crippen LogP) is 1.12. The molecule has 20 heavy (non-hydrogen) atoms. The standard InChI is InChI=1S/C15H16N2O3/c18-13-8-9-14(19)17(13)11-5-4-10-16-15(20)12-6-2-1-3-7-12/h1-3,6-9H,4-5,10-11H2,(H,16,20). The number of nitrogens with one attached hydrogen (secondary N) is 1. The fourth-order valence-corrected chi connectivity index (χ4v) is 1.94. The number of hydrogen-bond donors (Lipinski definition) is 1. The Hall–Kier alpha value is -2.43. The molecule has 3 amide bonds. The Balaban J connectivity index is 1.64. The molecule has 0 unspecified atom stereocenters. The highest BCUT2D eigenvalue weighted by Crippen LogP contribution is 2.05. The maximum atomic E-state index is 11.7. The summed E-state index contributed by atoms with van der Waals surface area (Å²) in [7, 11) is 0. The first-order valence-corrected chi connectivity index (χ1v) is 6.55. The second-order valence-electron chi connectivity index (χ2n) is 4.49. The van der Waals surface area contributed by atoms with Gasteiger partial charge in [-0.1, -0.05) is 18.2 Å². The van der Waals surface area contributed by atoms with Gasteiger partial charge >= 0.3 is 0 Å². The van der Waals surface area contributed by atoms with E-state index in [1.807, 2.05) is 18.2 Å². The molecule has 0 radical (unpaired) electrons. The zero-order valence-electron chi connectivity index (χ0n) is 11.0. The molecule has 5 heteroatoms. The topological polar surface area (TPSA) is 66.5 Å². The normalized spacial score (nSPS) is 13.9. The average Bonchev–Trinajstić information content (AvgIpc) is 2.79. The third kappa shape index (κ3) is 3.54. The van der Waals surface area contributed by atoms with Crippen LogP contribution in [-0.2, 0) is 9.59 Å². The summed E-state index contributed by atoms with van der Waals surface area (Å²) in [5, 5.41) is 2.80. The van der Waals surface area contributed by atoms with E-state index in [9.17, 15) is 14.4 Å². The quantitative estimate of drug-likeness (QED) is 0.623. The third-order valence-corrected chi connectivity index (χ3v) is 3.03. The second kappa shape index (κ2) is 6.65. The minimum Gasteiger partial charge on any atom is -0.352 e. The SMILES string of the molecule is O=C(NCCCCN1C(=O)C=CC1=O)c1ccccc1. The van der Waals surface area contributed by atoms with Crippen LogP contribution in [0.5, 0.6) is 0 Å². The minimum absolute atomic E-state index is 0.111. The van der Waals surface area contributed by atoms with E-state index in [-0.39, 0.29) is 17.7 Å². The molecule has 0 bridgehead atoms. The van der Waals surface area contributed by atoms with Crippen LogP contribution in [0.3, 0.4) is 0 Å². The number of carbonyl (C=O) groups is 3. The highest BCUT2D eigenvalue weighted by atomic mass is 16.2. The van der Waals surface area contributed by atoms with Crippen molar-refractivity contribution in [3.8, 4) is 0 Å². The molecule has 1 aliphatic rings. The van der Waals surface area contributed by atoms with Gasteiger partial charge < -0.3 is 5.32 Å². The molecule has 0 saturated carbocycles. The molecule has 1 aromatic rings. The molecule has 1 aliphatic heterocycles. The Morgan fingerprint density at radius 1 is 1.00 bits per heavy atom. The van der Waals surface area contributed by atoms with Crippen LogP contribution >= 0.6 is 0 Å². The number of benzene rings is 1. The largest absolute Gasteiger partial charge is 0.352 e. The van der Waals surface area contributed by atoms with Crippen LogP contribution in [0.2, 0.25) is 0 Å². The summed E-state index contributed by atoms with van der Waals surface area (Å²) in [4.78, 5) is 35.5. The van der Waals surface area contributed by atoms with E-state index in [4.69, 9.17) is 0 Å². The van der Waals surface area contributed by atoms with Gasteiger partial charge in [0.25, 0.3) is 17.7 Å². The van der Waals surface area contributed by atoms with E-state index in [2.05, 4.69) is 5.32 Å². The molecule has 1 heterocycles. The van der Waals surface area contributed by atoms with Gasteiger partial charge in [-0.05, 0) is 25.0 Å². The Kier molecular flexibility index (Phi) is 4.65. The summed E-state index contributed by atoms with van der Waals surface area (Å²) < 4.78 is 0. The van der Waals surface area contributed by atoms with Gasteiger partial charge in [0.1, 0.15) is 0 Å². The first-order valence-electron chi connectivity index (χ1n) is 6.55. The van der Waals surface area contributed by atoms with Gasteiger partial charge in [0.15, 0.2) is 0 Å². The van der Waals surface area contributed by atoms with Gasteiger partial charge in [0, 0.05) is 30.8 Å². The highest BCUT2D eigenvalue weighted by Gasteiger charge is 2.22. The maximum Gasteiger partial charge on any atom is 0.253 e. The molecule has 5 nitrogen and oxygen atoms in total. The fourth-order valence-electron chi connectivity index (χ4n) is 1.94. The van der Waals surface area contributed by atoms with E-state index in [1.165, 1.54) is 17.1 Å². The van der Waals surface area contributed by atoms with Crippen molar-refractivity contribution in [1.82, 2.24) is 10.2 Å². The molecule has 0 saturated heterocycles. The number of hydrogen-bond acceptors (Lipinski definition) is 3. The van der Waals surface area contributed by atoms with Crippen LogP contribution in [0.25, 0.3) is 0 Å². The van der Waals surface area contributed by atoms with Crippen molar-refractivity contribution in [2.45, 2.75) is 12.8 Å². The van der Waals surface area contributed by atoms with Crippen molar-refractivity contribution in [2.75, 3.05) is 13.1 Å². The van der Waals surface area contributed by atoms with Crippen LogP contribution in [0, 0.1) is 0 Å². The summed E-state index contributed by atoms with van der Waals surface area (Å²) in [5.74, 6) is -0.632. The first kappa shape index (κ1) is 14.0. The molecule has 0 aromatic heterocycles. The number of carbonyl (C=O) groups excluding carboxylic acids is 3. The summed E-state index contributed by atoms with van der Waals surface area (Å²) in [6.45, 7) is 0.920. The van der Waals surface area contributed by atoms with E-state index < -0.39 is 0 Å². The zero-order chi connectivity index (χ0) is 14.4. The van der Waals surface area contributed by atoms with Gasteiger partial charge in [-0.15, -0.1) is 0 Å². The van der Waals surface area contributed by atoms with Gasteiger partial charge in [-0.25, -0.2) is 0 Å². The van der Waals surface area contributed by atoms with Crippen molar-refractivity contribution >= 4 is 17.7 Å². The summed E-state index contributed by atoms with van der Waals surface area (Å²) in [5.41, 5.74) is 0.626. The third-order valence-electron chi connectivity index (χ3n) is 3.03. The summed E-state index contributed by atoms with van der Waals surface area (Å²) >= 11 is 0. The molecule has 2 rings (SSSR count). The number of rotatable bonds is 6. The Morgan fingerprint density at radius 2 is 1.65 bits per heavy atom. The molecule has 0 atom stereocenters. The number of nitrogens with zero attached hydrogens (tertiary/aromatic N) is 1. The van der Waals surface area contributed by atoms with Crippen molar-refractivity contribution in [2.24, 2.45) is 0 Å². The van der Waals surface area contributed by atoms with E-state index in [1.54, 1.807) is 12.1 Å². The Morgan fingerprint density at radius 3 is 2.30 bits per heavy atom. The Bertz CT molecular complexity index is 519. The van der Waals surface area contributed by atoms with Crippen LogP contribution in [0.4, 0.5) is 0 Å². The van der Waals surface area contributed by atoms with Crippen LogP contribution in [0.15, 0.2) is 42.5 Å². The minimum atomic E-state index is -0.261. The smallest absolute Gasteiger partial charge is 0.253 e. The lowest BCUT2D eigenvalue weighted by Gasteiger charge is -2.13. The molecule has 104 valence electrons. The van der Waals surface area contributed by atoms with E-state index in [0.717, 1.165) is 6.42 Å². The van der Waals surface area contributed by atoms with Gasteiger partial charge in [0.05, 0.1) is 0 Å². The van der Waals surface area contributed by atoms with Crippen molar-refractivity contribution in [1.29, 1.82) is 0 Å². The monoisotopic (exact) mass is 272 g/mol. The van der Waals surface area contributed by atoms with Crippen LogP contribution in [-0.4, -0.2) is 35.7 Å². The average molecular weight is 272 g/mol. The summed E-state index contributed by atoms with van der Waals surface area (Å²) in [6, 6.07) is 8.99. The van der Waals surface area contributed by atoms with Gasteiger partial charge in [-0.3, -0.25) is 19.3 Å². The molecule has 1 N–H and O–H groups in total.